The Morgan fingerprint density at radius 1 is 1.20 bits per heavy atom. The molecule has 9 heteroatoms. The minimum absolute atomic E-state index is 0.00721. The lowest BCUT2D eigenvalue weighted by atomic mass is 10.0. The summed E-state index contributed by atoms with van der Waals surface area (Å²) in [6, 6.07) is 5.24. The van der Waals surface area contributed by atoms with E-state index in [4.69, 9.17) is 4.74 Å². The number of carbonyl (C=O) groups excluding carboxylic acids is 1. The molecule has 1 aromatic rings. The Morgan fingerprint density at radius 3 is 2.67 bits per heavy atom. The first-order chi connectivity index (χ1) is 14.4. The lowest BCUT2D eigenvalue weighted by molar-refractivity contribution is -0.137. The molecule has 2 fully saturated rings. The van der Waals surface area contributed by atoms with E-state index in [0.29, 0.717) is 37.8 Å². The van der Waals surface area contributed by atoms with Gasteiger partial charge in [-0.15, -0.1) is 0 Å². The first kappa shape index (κ1) is 22.4. The van der Waals surface area contributed by atoms with E-state index in [1.807, 2.05) is 16.7 Å². The smallest absolute Gasteiger partial charge is 0.370 e. The lowest BCUT2D eigenvalue weighted by Gasteiger charge is -2.35. The number of nitrogens with zero attached hydrogens (tertiary/aromatic N) is 3. The number of piperidine rings is 1. The highest BCUT2D eigenvalue weighted by Gasteiger charge is 2.32. The van der Waals surface area contributed by atoms with Crippen molar-refractivity contribution in [2.24, 2.45) is 4.99 Å². The van der Waals surface area contributed by atoms with E-state index in [1.165, 1.54) is 6.07 Å². The average molecular weight is 426 g/mol. The number of nitrogens with one attached hydrogen (secondary N) is 1. The molecule has 30 heavy (non-hydrogen) atoms. The first-order valence-corrected chi connectivity index (χ1v) is 10.5. The Hall–Kier alpha value is -2.29. The average Bonchev–Trinajstić information content (AvgIpc) is 2.76. The van der Waals surface area contributed by atoms with E-state index in [0.717, 1.165) is 44.5 Å². The van der Waals surface area contributed by atoms with E-state index in [2.05, 4.69) is 10.3 Å². The number of benzene rings is 1. The molecule has 3 rings (SSSR count). The topological polar surface area (TPSA) is 57.2 Å². The van der Waals surface area contributed by atoms with Crippen LogP contribution in [0.1, 0.15) is 43.4 Å². The number of likely N-dealkylation sites (tertiary alicyclic amines) is 1. The normalized spacial score (nSPS) is 20.9. The van der Waals surface area contributed by atoms with Crippen LogP contribution in [0.25, 0.3) is 0 Å². The number of ether oxygens (including phenoxy) is 1. The van der Waals surface area contributed by atoms with E-state index in [-0.39, 0.29) is 12.5 Å². The highest BCUT2D eigenvalue weighted by molar-refractivity contribution is 5.85. The first-order valence-electron chi connectivity index (χ1n) is 10.5. The van der Waals surface area contributed by atoms with Crippen molar-refractivity contribution >= 4 is 11.9 Å². The summed E-state index contributed by atoms with van der Waals surface area (Å²) in [6.07, 6.45) is -1.69. The molecule has 0 aromatic heterocycles. The van der Waals surface area contributed by atoms with Gasteiger partial charge >= 0.3 is 6.18 Å². The summed E-state index contributed by atoms with van der Waals surface area (Å²) >= 11 is 0. The molecule has 0 radical (unpaired) electrons. The molecular formula is C21H29F3N4O2. The zero-order valence-electron chi connectivity index (χ0n) is 17.2. The highest BCUT2D eigenvalue weighted by Crippen LogP contribution is 2.32. The molecule has 2 saturated heterocycles. The standard InChI is InChI=1S/C21H29F3N4O2/c1-2-25-20(26-14-19(29)27-9-4-3-5-10-27)28-11-12-30-18(15-28)16-7-6-8-17(13-16)21(22,23)24/h6-8,13,18H,2-5,9-12,14-15H2,1H3,(H,25,26). The Kier molecular flexibility index (Phi) is 7.58. The Labute approximate surface area is 175 Å². The zero-order valence-corrected chi connectivity index (χ0v) is 17.2. The minimum atomic E-state index is -4.39. The summed E-state index contributed by atoms with van der Waals surface area (Å²) in [6.45, 7) is 5.47. The van der Waals surface area contributed by atoms with Crippen molar-refractivity contribution in [2.45, 2.75) is 38.5 Å². The number of halogens is 3. The number of hydrogen-bond donors (Lipinski definition) is 1. The Morgan fingerprint density at radius 2 is 1.97 bits per heavy atom. The molecule has 1 amide bonds. The van der Waals surface area contributed by atoms with Crippen LogP contribution in [0, 0.1) is 0 Å². The van der Waals surface area contributed by atoms with Crippen LogP contribution in [-0.2, 0) is 15.7 Å². The zero-order chi connectivity index (χ0) is 21.6. The van der Waals surface area contributed by atoms with Crippen LogP contribution in [0.2, 0.25) is 0 Å². The number of morpholine rings is 1. The fraction of sp³-hybridized carbons (Fsp3) is 0.619. The van der Waals surface area contributed by atoms with Gasteiger partial charge in [-0.2, -0.15) is 13.2 Å². The van der Waals surface area contributed by atoms with Crippen molar-refractivity contribution in [3.8, 4) is 0 Å². The summed E-state index contributed by atoms with van der Waals surface area (Å²) in [5.74, 6) is 0.593. The number of amides is 1. The number of carbonyl (C=O) groups is 1. The number of alkyl halides is 3. The van der Waals surface area contributed by atoms with Crippen molar-refractivity contribution in [1.82, 2.24) is 15.1 Å². The van der Waals surface area contributed by atoms with Gasteiger partial charge in [0.15, 0.2) is 5.96 Å². The van der Waals surface area contributed by atoms with Gasteiger partial charge in [0.1, 0.15) is 12.6 Å². The van der Waals surface area contributed by atoms with E-state index >= 15 is 0 Å². The van der Waals surface area contributed by atoms with Gasteiger partial charge in [-0.25, -0.2) is 4.99 Å². The van der Waals surface area contributed by atoms with Crippen molar-refractivity contribution in [3.05, 3.63) is 35.4 Å². The molecule has 166 valence electrons. The molecule has 1 aromatic carbocycles. The fourth-order valence-electron chi connectivity index (χ4n) is 3.77. The second-order valence-electron chi connectivity index (χ2n) is 7.54. The molecule has 6 nitrogen and oxygen atoms in total. The summed E-state index contributed by atoms with van der Waals surface area (Å²) in [5, 5.41) is 3.19. The Balaban J connectivity index is 1.68. The summed E-state index contributed by atoms with van der Waals surface area (Å²) < 4.78 is 44.9. The van der Waals surface area contributed by atoms with Crippen LogP contribution in [0.15, 0.2) is 29.3 Å². The Bertz CT molecular complexity index is 748. The van der Waals surface area contributed by atoms with E-state index in [9.17, 15) is 18.0 Å². The van der Waals surface area contributed by atoms with Crippen LogP contribution in [0.5, 0.6) is 0 Å². The third kappa shape index (κ3) is 5.87. The van der Waals surface area contributed by atoms with Crippen molar-refractivity contribution in [3.63, 3.8) is 0 Å². The molecule has 1 N–H and O–H groups in total. The van der Waals surface area contributed by atoms with Gasteiger partial charge < -0.3 is 19.9 Å². The maximum Gasteiger partial charge on any atom is 0.416 e. The van der Waals surface area contributed by atoms with Crippen LogP contribution < -0.4 is 5.32 Å². The van der Waals surface area contributed by atoms with Gasteiger partial charge in [0, 0.05) is 26.2 Å². The molecule has 2 aliphatic heterocycles. The molecule has 0 aliphatic carbocycles. The van der Waals surface area contributed by atoms with Gasteiger partial charge in [0.2, 0.25) is 5.91 Å². The van der Waals surface area contributed by atoms with Crippen LogP contribution >= 0.6 is 0 Å². The molecule has 0 saturated carbocycles. The SMILES string of the molecule is CCNC(=NCC(=O)N1CCCCC1)N1CCOC(c2cccc(C(F)(F)F)c2)C1. The summed E-state index contributed by atoms with van der Waals surface area (Å²) in [4.78, 5) is 20.7. The largest absolute Gasteiger partial charge is 0.416 e. The molecule has 0 spiro atoms. The van der Waals surface area contributed by atoms with Crippen LogP contribution in [-0.4, -0.2) is 67.5 Å². The summed E-state index contributed by atoms with van der Waals surface area (Å²) in [5.41, 5.74) is -0.205. The molecular weight excluding hydrogens is 397 g/mol. The number of aliphatic imine (C=N–C) groups is 1. The highest BCUT2D eigenvalue weighted by atomic mass is 19.4. The van der Waals surface area contributed by atoms with E-state index in [1.54, 1.807) is 6.07 Å². The number of hydrogen-bond acceptors (Lipinski definition) is 3. The van der Waals surface area contributed by atoms with Gasteiger partial charge in [-0.05, 0) is 43.9 Å². The second kappa shape index (κ2) is 10.1. The van der Waals surface area contributed by atoms with Gasteiger partial charge in [0.25, 0.3) is 0 Å². The molecule has 2 aliphatic rings. The third-order valence-corrected chi connectivity index (χ3v) is 5.36. The van der Waals surface area contributed by atoms with Gasteiger partial charge in [-0.3, -0.25) is 4.79 Å². The molecule has 0 bridgehead atoms. The lowest BCUT2D eigenvalue weighted by Crippen LogP contribution is -2.48. The van der Waals surface area contributed by atoms with Crippen LogP contribution in [0.4, 0.5) is 13.2 Å². The van der Waals surface area contributed by atoms with Crippen molar-refractivity contribution in [1.29, 1.82) is 0 Å². The maximum absolute atomic E-state index is 13.1. The van der Waals surface area contributed by atoms with Gasteiger partial charge in [-0.1, -0.05) is 12.1 Å². The predicted octanol–water partition coefficient (Wildman–Crippen LogP) is 3.06. The predicted molar refractivity (Wildman–Crippen MR) is 108 cm³/mol. The monoisotopic (exact) mass is 426 g/mol. The van der Waals surface area contributed by atoms with Crippen LogP contribution in [0.3, 0.4) is 0 Å². The quantitative estimate of drug-likeness (QED) is 0.594. The maximum atomic E-state index is 13.1. The molecule has 1 unspecified atom stereocenters. The molecule has 1 atom stereocenters. The minimum Gasteiger partial charge on any atom is -0.370 e. The summed E-state index contributed by atoms with van der Waals surface area (Å²) in [7, 11) is 0. The molecule has 2 heterocycles. The number of rotatable bonds is 4. The fourth-order valence-corrected chi connectivity index (χ4v) is 3.77. The van der Waals surface area contributed by atoms with Gasteiger partial charge in [0.05, 0.1) is 18.7 Å². The number of guanidine groups is 1. The van der Waals surface area contributed by atoms with E-state index < -0.39 is 17.8 Å². The van der Waals surface area contributed by atoms with Crippen molar-refractivity contribution < 1.29 is 22.7 Å². The second-order valence-corrected chi connectivity index (χ2v) is 7.54. The van der Waals surface area contributed by atoms with Crippen molar-refractivity contribution in [2.75, 3.05) is 45.9 Å². The third-order valence-electron chi connectivity index (χ3n) is 5.36.